The van der Waals surface area contributed by atoms with Crippen LogP contribution in [0.4, 0.5) is 11.6 Å². The van der Waals surface area contributed by atoms with Crippen molar-refractivity contribution in [3.63, 3.8) is 0 Å². The summed E-state index contributed by atoms with van der Waals surface area (Å²) in [6.45, 7) is 5.77. The maximum absolute atomic E-state index is 4.80. The summed E-state index contributed by atoms with van der Waals surface area (Å²) in [5, 5.41) is 13.9. The van der Waals surface area contributed by atoms with Crippen LogP contribution in [0.5, 0.6) is 0 Å². The molecule has 0 atom stereocenters. The Balaban J connectivity index is 1.78. The fourth-order valence-corrected chi connectivity index (χ4v) is 2.88. The van der Waals surface area contributed by atoms with Gasteiger partial charge in [-0.1, -0.05) is 29.8 Å². The molecule has 0 bridgehead atoms. The minimum atomic E-state index is 0.755. The van der Waals surface area contributed by atoms with Crippen LogP contribution in [0.1, 0.15) is 22.5 Å². The summed E-state index contributed by atoms with van der Waals surface area (Å²) in [7, 11) is 0. The number of rotatable bonds is 3. The Morgan fingerprint density at radius 2 is 1.92 bits per heavy atom. The van der Waals surface area contributed by atoms with E-state index in [4.69, 9.17) is 9.97 Å². The largest absolute Gasteiger partial charge is 0.323 e. The Bertz CT molecular complexity index is 866. The van der Waals surface area contributed by atoms with E-state index in [1.54, 1.807) is 0 Å². The normalized spacial score (nSPS) is 13.6. The predicted octanol–water partition coefficient (Wildman–Crippen LogP) is 2.87. The Kier molecular flexibility index (Phi) is 3.74. The van der Waals surface area contributed by atoms with E-state index >= 15 is 0 Å². The molecule has 3 heterocycles. The summed E-state index contributed by atoms with van der Waals surface area (Å²) in [5.74, 6) is 2.36. The maximum Gasteiger partial charge on any atom is 0.161 e. The van der Waals surface area contributed by atoms with E-state index in [1.807, 2.05) is 13.0 Å². The van der Waals surface area contributed by atoms with Gasteiger partial charge in [-0.3, -0.25) is 5.10 Å². The van der Waals surface area contributed by atoms with Crippen molar-refractivity contribution in [2.45, 2.75) is 26.8 Å². The molecule has 0 aliphatic carbocycles. The van der Waals surface area contributed by atoms with Gasteiger partial charge in [0.2, 0.25) is 0 Å². The van der Waals surface area contributed by atoms with E-state index in [9.17, 15) is 0 Å². The van der Waals surface area contributed by atoms with Crippen molar-refractivity contribution in [1.29, 1.82) is 0 Å². The van der Waals surface area contributed by atoms with Crippen molar-refractivity contribution >= 4 is 11.6 Å². The molecular weight excluding hydrogens is 300 g/mol. The lowest BCUT2D eigenvalue weighted by Crippen LogP contribution is -2.26. The van der Waals surface area contributed by atoms with Crippen LogP contribution in [0, 0.1) is 13.8 Å². The van der Waals surface area contributed by atoms with Gasteiger partial charge in [0.1, 0.15) is 5.82 Å². The van der Waals surface area contributed by atoms with Gasteiger partial charge in [-0.15, -0.1) is 0 Å². The monoisotopic (exact) mass is 320 g/mol. The third-order valence-electron chi connectivity index (χ3n) is 4.20. The van der Waals surface area contributed by atoms with Gasteiger partial charge >= 0.3 is 0 Å². The van der Waals surface area contributed by atoms with E-state index in [2.05, 4.69) is 52.0 Å². The van der Waals surface area contributed by atoms with E-state index in [0.29, 0.717) is 0 Å². The second kappa shape index (κ2) is 6.05. The number of aryl methyl sites for hydroxylation is 2. The van der Waals surface area contributed by atoms with Gasteiger partial charge < -0.3 is 10.6 Å². The van der Waals surface area contributed by atoms with Crippen LogP contribution in [-0.2, 0) is 13.0 Å². The summed E-state index contributed by atoms with van der Waals surface area (Å²) >= 11 is 0. The number of fused-ring (bicyclic) bond motifs is 1. The average molecular weight is 320 g/mol. The number of benzene rings is 1. The van der Waals surface area contributed by atoms with Crippen molar-refractivity contribution in [3.05, 3.63) is 52.8 Å². The SMILES string of the molecule is Cc1ccc(-c2nc3c(c(Nc4cc(C)[nH]n4)n2)CNCC3)cc1. The lowest BCUT2D eigenvalue weighted by atomic mass is 10.1. The number of H-pyrrole nitrogens is 1. The van der Waals surface area contributed by atoms with Crippen LogP contribution in [0.25, 0.3) is 11.4 Å². The molecule has 24 heavy (non-hydrogen) atoms. The molecule has 2 aromatic heterocycles. The first-order valence-corrected chi connectivity index (χ1v) is 8.15. The van der Waals surface area contributed by atoms with Crippen LogP contribution in [-0.4, -0.2) is 26.7 Å². The zero-order valence-electron chi connectivity index (χ0n) is 13.8. The molecule has 4 rings (SSSR count). The zero-order valence-corrected chi connectivity index (χ0v) is 13.8. The molecule has 0 amide bonds. The first-order valence-electron chi connectivity index (χ1n) is 8.15. The topological polar surface area (TPSA) is 78.5 Å². The van der Waals surface area contributed by atoms with Gasteiger partial charge in [0.25, 0.3) is 0 Å². The van der Waals surface area contributed by atoms with Crippen molar-refractivity contribution in [2.75, 3.05) is 11.9 Å². The first-order chi connectivity index (χ1) is 11.7. The molecule has 0 fully saturated rings. The lowest BCUT2D eigenvalue weighted by molar-refractivity contribution is 0.628. The fourth-order valence-electron chi connectivity index (χ4n) is 2.88. The van der Waals surface area contributed by atoms with E-state index in [1.165, 1.54) is 5.56 Å². The van der Waals surface area contributed by atoms with Gasteiger partial charge in [-0.2, -0.15) is 5.10 Å². The number of hydrogen-bond acceptors (Lipinski definition) is 5. The summed E-state index contributed by atoms with van der Waals surface area (Å²) in [6.07, 6.45) is 0.908. The number of hydrogen-bond donors (Lipinski definition) is 3. The molecule has 6 heteroatoms. The second-order valence-corrected chi connectivity index (χ2v) is 6.18. The predicted molar refractivity (Wildman–Crippen MR) is 94.2 cm³/mol. The van der Waals surface area contributed by atoms with E-state index < -0.39 is 0 Å². The summed E-state index contributed by atoms with van der Waals surface area (Å²) < 4.78 is 0. The van der Waals surface area contributed by atoms with Crippen molar-refractivity contribution in [2.24, 2.45) is 0 Å². The highest BCUT2D eigenvalue weighted by atomic mass is 15.2. The van der Waals surface area contributed by atoms with Crippen LogP contribution >= 0.6 is 0 Å². The minimum absolute atomic E-state index is 0.755. The van der Waals surface area contributed by atoms with Gasteiger partial charge in [0.05, 0.1) is 5.69 Å². The number of anilines is 2. The van der Waals surface area contributed by atoms with Crippen LogP contribution in [0.15, 0.2) is 30.3 Å². The van der Waals surface area contributed by atoms with Crippen molar-refractivity contribution in [1.82, 2.24) is 25.5 Å². The average Bonchev–Trinajstić information content (AvgIpc) is 3.00. The minimum Gasteiger partial charge on any atom is -0.323 e. The van der Waals surface area contributed by atoms with Gasteiger partial charge in [0, 0.05) is 42.4 Å². The summed E-state index contributed by atoms with van der Waals surface area (Å²) in [4.78, 5) is 9.58. The Labute approximate surface area is 140 Å². The molecule has 1 aliphatic rings. The summed E-state index contributed by atoms with van der Waals surface area (Å²) in [6, 6.07) is 10.3. The highest BCUT2D eigenvalue weighted by Gasteiger charge is 2.19. The van der Waals surface area contributed by atoms with Crippen LogP contribution in [0.2, 0.25) is 0 Å². The number of aromatic nitrogens is 4. The molecule has 3 aromatic rings. The molecule has 0 spiro atoms. The Hall–Kier alpha value is -2.73. The highest BCUT2D eigenvalue weighted by molar-refractivity contribution is 5.64. The quantitative estimate of drug-likeness (QED) is 0.691. The molecule has 3 N–H and O–H groups in total. The lowest BCUT2D eigenvalue weighted by Gasteiger charge is -2.20. The van der Waals surface area contributed by atoms with Crippen LogP contribution in [0.3, 0.4) is 0 Å². The standard InChI is InChI=1S/C18H20N6/c1-11-3-5-13(6-4-11)17-20-15-7-8-19-10-14(15)18(22-17)21-16-9-12(2)23-24-16/h3-6,9,19H,7-8,10H2,1-2H3,(H2,20,21,22,23,24). The van der Waals surface area contributed by atoms with Crippen molar-refractivity contribution < 1.29 is 0 Å². The highest BCUT2D eigenvalue weighted by Crippen LogP contribution is 2.27. The Morgan fingerprint density at radius 1 is 1.08 bits per heavy atom. The van der Waals surface area contributed by atoms with Gasteiger partial charge in [0.15, 0.2) is 11.6 Å². The van der Waals surface area contributed by atoms with Crippen LogP contribution < -0.4 is 10.6 Å². The van der Waals surface area contributed by atoms with E-state index in [0.717, 1.165) is 59.5 Å². The molecule has 0 radical (unpaired) electrons. The first kappa shape index (κ1) is 14.8. The third-order valence-corrected chi connectivity index (χ3v) is 4.20. The van der Waals surface area contributed by atoms with E-state index in [-0.39, 0.29) is 0 Å². The smallest absolute Gasteiger partial charge is 0.161 e. The number of nitrogens with zero attached hydrogens (tertiary/aromatic N) is 3. The molecular formula is C18H20N6. The molecule has 1 aliphatic heterocycles. The molecule has 1 aromatic carbocycles. The second-order valence-electron chi connectivity index (χ2n) is 6.18. The van der Waals surface area contributed by atoms with Crippen molar-refractivity contribution in [3.8, 4) is 11.4 Å². The number of nitrogens with one attached hydrogen (secondary N) is 3. The van der Waals surface area contributed by atoms with Gasteiger partial charge in [-0.05, 0) is 13.8 Å². The maximum atomic E-state index is 4.80. The molecule has 6 nitrogen and oxygen atoms in total. The number of aromatic amines is 1. The fraction of sp³-hybridized carbons (Fsp3) is 0.278. The van der Waals surface area contributed by atoms with Gasteiger partial charge in [-0.25, -0.2) is 9.97 Å². The molecule has 0 unspecified atom stereocenters. The molecule has 0 saturated carbocycles. The third kappa shape index (κ3) is 2.88. The zero-order chi connectivity index (χ0) is 16.5. The summed E-state index contributed by atoms with van der Waals surface area (Å²) in [5.41, 5.74) is 5.50. The molecule has 0 saturated heterocycles. The molecule has 122 valence electrons. The Morgan fingerprint density at radius 3 is 2.67 bits per heavy atom.